The minimum absolute atomic E-state index is 0. The number of ether oxygens (including phenoxy) is 1. The average molecular weight is 197 g/mol. The van der Waals surface area contributed by atoms with Gasteiger partial charge in [0.05, 0.1) is 13.2 Å². The third kappa shape index (κ3) is 4.95. The van der Waals surface area contributed by atoms with Crippen LogP contribution in [0.5, 0.6) is 0 Å². The summed E-state index contributed by atoms with van der Waals surface area (Å²) in [7, 11) is 0. The molecule has 0 aromatic rings. The van der Waals surface area contributed by atoms with Crippen molar-refractivity contribution < 1.29 is 49.3 Å². The first-order valence-corrected chi connectivity index (χ1v) is 3.90. The van der Waals surface area contributed by atoms with Gasteiger partial charge in [-0.05, 0) is 0 Å². The molecule has 5 nitrogen and oxygen atoms in total. The maximum atomic E-state index is 10.1. The molecular weight excluding hydrogens is 185 g/mol. The fourth-order valence-corrected chi connectivity index (χ4v) is 1.15. The summed E-state index contributed by atoms with van der Waals surface area (Å²) < 4.78 is 5.04. The standard InChI is InChI=1S/C7H13NO4.Na/c9-6(5-7(10)11)8-1-3-12-4-2-8;/h6,9H,1-5H2,(H,10,11);/q;+1/p-1. The predicted molar refractivity (Wildman–Crippen MR) is 38.0 cm³/mol. The second-order valence-corrected chi connectivity index (χ2v) is 2.71. The third-order valence-corrected chi connectivity index (χ3v) is 1.82. The Hall–Kier alpha value is 0.350. The van der Waals surface area contributed by atoms with Gasteiger partial charge in [0.15, 0.2) is 0 Å². The molecule has 0 bridgehead atoms. The zero-order valence-electron chi connectivity index (χ0n) is 7.73. The molecule has 1 aliphatic rings. The van der Waals surface area contributed by atoms with Crippen molar-refractivity contribution in [1.29, 1.82) is 0 Å². The number of rotatable bonds is 3. The van der Waals surface area contributed by atoms with E-state index in [0.29, 0.717) is 26.3 Å². The van der Waals surface area contributed by atoms with Crippen LogP contribution >= 0.6 is 0 Å². The first kappa shape index (κ1) is 13.4. The number of aliphatic hydroxyl groups is 1. The number of aliphatic carboxylic acids is 1. The van der Waals surface area contributed by atoms with Crippen LogP contribution in [0, 0.1) is 0 Å². The summed E-state index contributed by atoms with van der Waals surface area (Å²) in [5.74, 6) is -1.23. The molecule has 0 aliphatic carbocycles. The maximum Gasteiger partial charge on any atom is 1.00 e. The van der Waals surface area contributed by atoms with Gasteiger partial charge in [-0.2, -0.15) is 0 Å². The van der Waals surface area contributed by atoms with E-state index in [4.69, 9.17) is 4.74 Å². The molecule has 6 heteroatoms. The number of carboxylic acids is 1. The molecular formula is C7H12NNaO4. The third-order valence-electron chi connectivity index (χ3n) is 1.82. The first-order chi connectivity index (χ1) is 5.70. The summed E-state index contributed by atoms with van der Waals surface area (Å²) in [6.07, 6.45) is -1.26. The number of hydrogen-bond acceptors (Lipinski definition) is 5. The predicted octanol–water partition coefficient (Wildman–Crippen LogP) is -5.22. The molecule has 1 aliphatic heterocycles. The Morgan fingerprint density at radius 1 is 1.54 bits per heavy atom. The van der Waals surface area contributed by atoms with E-state index in [-0.39, 0.29) is 36.0 Å². The molecule has 0 amide bonds. The van der Waals surface area contributed by atoms with Gasteiger partial charge in [-0.15, -0.1) is 0 Å². The quantitative estimate of drug-likeness (QED) is 0.458. The summed E-state index contributed by atoms with van der Waals surface area (Å²) in [6, 6.07) is 0. The summed E-state index contributed by atoms with van der Waals surface area (Å²) in [4.78, 5) is 11.8. The SMILES string of the molecule is O=C([O-])CC(O)N1CCOCC1.[Na+]. The van der Waals surface area contributed by atoms with Gasteiger partial charge in [0.2, 0.25) is 0 Å². The summed E-state index contributed by atoms with van der Waals surface area (Å²) in [6.45, 7) is 2.25. The van der Waals surface area contributed by atoms with Gasteiger partial charge in [0.25, 0.3) is 0 Å². The number of hydrogen-bond donors (Lipinski definition) is 1. The van der Waals surface area contributed by atoms with E-state index in [2.05, 4.69) is 0 Å². The Bertz CT molecular complexity index is 161. The van der Waals surface area contributed by atoms with Crippen molar-refractivity contribution in [3.63, 3.8) is 0 Å². The molecule has 0 aromatic heterocycles. The molecule has 1 rings (SSSR count). The minimum Gasteiger partial charge on any atom is -0.550 e. The molecule has 13 heavy (non-hydrogen) atoms. The van der Waals surface area contributed by atoms with Crippen LogP contribution in [0.25, 0.3) is 0 Å². The van der Waals surface area contributed by atoms with Crippen LogP contribution in [0.15, 0.2) is 0 Å². The number of morpholine rings is 1. The zero-order valence-corrected chi connectivity index (χ0v) is 9.73. The van der Waals surface area contributed by atoms with E-state index in [1.165, 1.54) is 0 Å². The largest absolute Gasteiger partial charge is 1.00 e. The van der Waals surface area contributed by atoms with Gasteiger partial charge in [-0.1, -0.05) is 0 Å². The molecule has 1 saturated heterocycles. The van der Waals surface area contributed by atoms with Gasteiger partial charge in [0.1, 0.15) is 6.23 Å². The van der Waals surface area contributed by atoms with E-state index in [9.17, 15) is 15.0 Å². The molecule has 1 heterocycles. The van der Waals surface area contributed by atoms with Crippen molar-refractivity contribution in [2.24, 2.45) is 0 Å². The average Bonchev–Trinajstić information content (AvgIpc) is 2.05. The number of carbonyl (C=O) groups excluding carboxylic acids is 1. The van der Waals surface area contributed by atoms with Crippen molar-refractivity contribution in [1.82, 2.24) is 4.90 Å². The van der Waals surface area contributed by atoms with Crippen molar-refractivity contribution in [3.05, 3.63) is 0 Å². The number of aliphatic hydroxyl groups excluding tert-OH is 1. The van der Waals surface area contributed by atoms with Crippen LogP contribution in [0.1, 0.15) is 6.42 Å². The van der Waals surface area contributed by atoms with Gasteiger partial charge >= 0.3 is 29.6 Å². The smallest absolute Gasteiger partial charge is 0.550 e. The van der Waals surface area contributed by atoms with Crippen LogP contribution in [0.2, 0.25) is 0 Å². The Morgan fingerprint density at radius 3 is 2.54 bits per heavy atom. The molecule has 1 unspecified atom stereocenters. The van der Waals surface area contributed by atoms with Crippen molar-refractivity contribution in [2.75, 3.05) is 26.3 Å². The van der Waals surface area contributed by atoms with E-state index in [0.717, 1.165) is 0 Å². The number of carboxylic acid groups (broad SMARTS) is 1. The van der Waals surface area contributed by atoms with Crippen LogP contribution in [-0.2, 0) is 9.53 Å². The second-order valence-electron chi connectivity index (χ2n) is 2.71. The summed E-state index contributed by atoms with van der Waals surface area (Å²) >= 11 is 0. The van der Waals surface area contributed by atoms with Crippen molar-refractivity contribution in [2.45, 2.75) is 12.6 Å². The van der Waals surface area contributed by atoms with E-state index >= 15 is 0 Å². The van der Waals surface area contributed by atoms with E-state index < -0.39 is 12.2 Å². The van der Waals surface area contributed by atoms with Crippen LogP contribution in [-0.4, -0.2) is 48.5 Å². The summed E-state index contributed by atoms with van der Waals surface area (Å²) in [5, 5.41) is 19.4. The van der Waals surface area contributed by atoms with Crippen LogP contribution in [0.3, 0.4) is 0 Å². The topological polar surface area (TPSA) is 72.8 Å². The van der Waals surface area contributed by atoms with Gasteiger partial charge in [-0.25, -0.2) is 0 Å². The van der Waals surface area contributed by atoms with Gasteiger partial charge in [0, 0.05) is 25.5 Å². The molecule has 0 saturated carbocycles. The van der Waals surface area contributed by atoms with Crippen LogP contribution < -0.4 is 34.7 Å². The molecule has 1 N–H and O–H groups in total. The monoisotopic (exact) mass is 197 g/mol. The van der Waals surface area contributed by atoms with E-state index in [1.54, 1.807) is 4.90 Å². The normalized spacial score (nSPS) is 20.4. The van der Waals surface area contributed by atoms with Crippen LogP contribution in [0.4, 0.5) is 0 Å². The van der Waals surface area contributed by atoms with Crippen molar-refractivity contribution in [3.8, 4) is 0 Å². The Kier molecular flexibility index (Phi) is 6.93. The Morgan fingerprint density at radius 2 is 2.08 bits per heavy atom. The van der Waals surface area contributed by atoms with Gasteiger partial charge in [-0.3, -0.25) is 4.90 Å². The molecule has 1 fully saturated rings. The molecule has 0 radical (unpaired) electrons. The second kappa shape index (κ2) is 6.75. The minimum atomic E-state index is -1.23. The number of carbonyl (C=O) groups is 1. The maximum absolute atomic E-state index is 10.1. The zero-order chi connectivity index (χ0) is 8.97. The van der Waals surface area contributed by atoms with E-state index in [1.807, 2.05) is 0 Å². The Labute approximate surface area is 99.0 Å². The fourth-order valence-electron chi connectivity index (χ4n) is 1.15. The molecule has 0 aromatic carbocycles. The Balaban J connectivity index is 0.00000144. The van der Waals surface area contributed by atoms with Gasteiger partial charge < -0.3 is 19.7 Å². The first-order valence-electron chi connectivity index (χ1n) is 3.90. The summed E-state index contributed by atoms with van der Waals surface area (Å²) in [5.41, 5.74) is 0. The molecule has 0 spiro atoms. The molecule has 70 valence electrons. The number of nitrogens with zero attached hydrogens (tertiary/aromatic N) is 1. The molecule has 1 atom stereocenters. The van der Waals surface area contributed by atoms with Crippen molar-refractivity contribution >= 4 is 5.97 Å². The fraction of sp³-hybridized carbons (Fsp3) is 0.857.